The molecule has 0 saturated carbocycles. The number of nitrogens with zero attached hydrogens (tertiary/aromatic N) is 1. The number of ether oxygens (including phenoxy) is 1. The van der Waals surface area contributed by atoms with Gasteiger partial charge in [-0.2, -0.15) is 0 Å². The second-order valence-corrected chi connectivity index (χ2v) is 4.96. The molecule has 1 aliphatic heterocycles. The molecular weight excluding hydrogens is 231 g/mol. The van der Waals surface area contributed by atoms with Gasteiger partial charge in [-0.1, -0.05) is 12.1 Å². The highest BCUT2D eigenvalue weighted by Gasteiger charge is 2.18. The molecule has 1 aliphatic rings. The van der Waals surface area contributed by atoms with Crippen molar-refractivity contribution in [2.45, 2.75) is 32.0 Å². The second-order valence-electron chi connectivity index (χ2n) is 4.96. The Bertz CT molecular complexity index is 391. The number of likely N-dealkylation sites (N-methyl/N-ethyl adjacent to an activating group) is 1. The first-order chi connectivity index (χ1) is 8.69. The Labute approximate surface area is 108 Å². The van der Waals surface area contributed by atoms with E-state index in [2.05, 4.69) is 4.90 Å². The molecule has 0 aliphatic carbocycles. The maximum atomic E-state index is 13.7. The third kappa shape index (κ3) is 3.51. The maximum Gasteiger partial charge on any atom is 0.127 e. The third-order valence-electron chi connectivity index (χ3n) is 3.33. The summed E-state index contributed by atoms with van der Waals surface area (Å²) in [5.41, 5.74) is 7.25. The van der Waals surface area contributed by atoms with Gasteiger partial charge in [0.1, 0.15) is 5.82 Å². The Morgan fingerprint density at radius 3 is 3.00 bits per heavy atom. The maximum absolute atomic E-state index is 13.7. The molecule has 0 spiro atoms. The summed E-state index contributed by atoms with van der Waals surface area (Å²) in [6.07, 6.45) is 2.54. The monoisotopic (exact) mass is 252 g/mol. The minimum absolute atomic E-state index is 0.161. The minimum atomic E-state index is -0.161. The summed E-state index contributed by atoms with van der Waals surface area (Å²) < 4.78 is 19.3. The van der Waals surface area contributed by atoms with Gasteiger partial charge in [-0.15, -0.1) is 0 Å². The van der Waals surface area contributed by atoms with Crippen LogP contribution in [0, 0.1) is 5.82 Å². The van der Waals surface area contributed by atoms with Crippen molar-refractivity contribution in [1.82, 2.24) is 4.90 Å². The first kappa shape index (κ1) is 13.5. The van der Waals surface area contributed by atoms with Gasteiger partial charge in [0, 0.05) is 31.8 Å². The lowest BCUT2D eigenvalue weighted by Gasteiger charge is -2.21. The van der Waals surface area contributed by atoms with Crippen LogP contribution in [-0.4, -0.2) is 31.2 Å². The van der Waals surface area contributed by atoms with Crippen LogP contribution < -0.4 is 5.73 Å². The van der Waals surface area contributed by atoms with E-state index in [1.165, 1.54) is 6.07 Å². The van der Waals surface area contributed by atoms with E-state index in [1.54, 1.807) is 6.07 Å². The summed E-state index contributed by atoms with van der Waals surface area (Å²) in [6.45, 7) is 2.75. The first-order valence-electron chi connectivity index (χ1n) is 6.46. The Balaban J connectivity index is 1.94. The van der Waals surface area contributed by atoms with Gasteiger partial charge in [0.05, 0.1) is 6.10 Å². The Kier molecular flexibility index (Phi) is 4.69. The molecule has 100 valence electrons. The summed E-state index contributed by atoms with van der Waals surface area (Å²) in [6, 6.07) is 5.08. The van der Waals surface area contributed by atoms with E-state index in [1.807, 2.05) is 13.1 Å². The highest BCUT2D eigenvalue weighted by atomic mass is 19.1. The van der Waals surface area contributed by atoms with Crippen LogP contribution >= 0.6 is 0 Å². The molecule has 1 fully saturated rings. The lowest BCUT2D eigenvalue weighted by Crippen LogP contribution is -2.28. The average Bonchev–Trinajstić information content (AvgIpc) is 2.84. The molecule has 2 rings (SSSR count). The van der Waals surface area contributed by atoms with Gasteiger partial charge in [-0.05, 0) is 31.5 Å². The predicted octanol–water partition coefficient (Wildman–Crippen LogP) is 1.90. The summed E-state index contributed by atoms with van der Waals surface area (Å²) in [5.74, 6) is -0.161. The lowest BCUT2D eigenvalue weighted by molar-refractivity contribution is 0.0790. The Hall–Kier alpha value is -0.970. The van der Waals surface area contributed by atoms with Crippen LogP contribution in [0.25, 0.3) is 0 Å². The lowest BCUT2D eigenvalue weighted by atomic mass is 10.1. The molecule has 18 heavy (non-hydrogen) atoms. The van der Waals surface area contributed by atoms with Crippen molar-refractivity contribution in [3.05, 3.63) is 35.1 Å². The van der Waals surface area contributed by atoms with Crippen molar-refractivity contribution in [2.75, 3.05) is 20.2 Å². The molecule has 1 aromatic rings. The van der Waals surface area contributed by atoms with Crippen LogP contribution in [0.4, 0.5) is 4.39 Å². The van der Waals surface area contributed by atoms with Gasteiger partial charge in [0.2, 0.25) is 0 Å². The van der Waals surface area contributed by atoms with E-state index < -0.39 is 0 Å². The van der Waals surface area contributed by atoms with Gasteiger partial charge in [0.15, 0.2) is 0 Å². The fraction of sp³-hybridized carbons (Fsp3) is 0.571. The van der Waals surface area contributed by atoms with E-state index in [0.717, 1.165) is 31.6 Å². The van der Waals surface area contributed by atoms with Crippen molar-refractivity contribution in [3.63, 3.8) is 0 Å². The molecule has 1 aromatic carbocycles. The van der Waals surface area contributed by atoms with E-state index >= 15 is 0 Å². The van der Waals surface area contributed by atoms with E-state index in [9.17, 15) is 4.39 Å². The Morgan fingerprint density at radius 1 is 1.50 bits per heavy atom. The zero-order chi connectivity index (χ0) is 13.0. The van der Waals surface area contributed by atoms with E-state index in [4.69, 9.17) is 10.5 Å². The standard InChI is InChI=1S/C14H21FN2O/c1-17(10-13-3-2-6-18-13)9-12-7-11(8-16)4-5-14(12)15/h4-5,7,13H,2-3,6,8-10,16H2,1H3. The third-order valence-corrected chi connectivity index (χ3v) is 3.33. The molecule has 1 unspecified atom stereocenters. The minimum Gasteiger partial charge on any atom is -0.377 e. The van der Waals surface area contributed by atoms with Crippen molar-refractivity contribution in [3.8, 4) is 0 Å². The SMILES string of the molecule is CN(Cc1cc(CN)ccc1F)CC1CCCO1. The quantitative estimate of drug-likeness (QED) is 0.869. The van der Waals surface area contributed by atoms with Gasteiger partial charge >= 0.3 is 0 Å². The first-order valence-corrected chi connectivity index (χ1v) is 6.46. The fourth-order valence-corrected chi connectivity index (χ4v) is 2.37. The van der Waals surface area contributed by atoms with Crippen molar-refractivity contribution >= 4 is 0 Å². The van der Waals surface area contributed by atoms with E-state index in [-0.39, 0.29) is 5.82 Å². The molecule has 2 N–H and O–H groups in total. The highest BCUT2D eigenvalue weighted by molar-refractivity contribution is 5.25. The summed E-state index contributed by atoms with van der Waals surface area (Å²) in [7, 11) is 2.00. The van der Waals surface area contributed by atoms with Crippen molar-refractivity contribution in [2.24, 2.45) is 5.73 Å². The number of halogens is 1. The van der Waals surface area contributed by atoms with Gasteiger partial charge in [-0.3, -0.25) is 4.90 Å². The number of benzene rings is 1. The van der Waals surface area contributed by atoms with Gasteiger partial charge in [0.25, 0.3) is 0 Å². The largest absolute Gasteiger partial charge is 0.377 e. The topological polar surface area (TPSA) is 38.5 Å². The molecule has 0 bridgehead atoms. The van der Waals surface area contributed by atoms with E-state index in [0.29, 0.717) is 24.8 Å². The zero-order valence-electron chi connectivity index (χ0n) is 10.9. The predicted molar refractivity (Wildman–Crippen MR) is 69.6 cm³/mol. The van der Waals surface area contributed by atoms with Gasteiger partial charge < -0.3 is 10.5 Å². The normalized spacial score (nSPS) is 19.7. The fourth-order valence-electron chi connectivity index (χ4n) is 2.37. The summed E-state index contributed by atoms with van der Waals surface area (Å²) >= 11 is 0. The zero-order valence-corrected chi connectivity index (χ0v) is 10.9. The Morgan fingerprint density at radius 2 is 2.33 bits per heavy atom. The summed E-state index contributed by atoms with van der Waals surface area (Å²) in [4.78, 5) is 2.11. The molecule has 1 heterocycles. The molecule has 3 nitrogen and oxygen atoms in total. The van der Waals surface area contributed by atoms with Crippen LogP contribution in [0.5, 0.6) is 0 Å². The number of nitrogens with two attached hydrogens (primary N) is 1. The number of rotatable bonds is 5. The van der Waals surface area contributed by atoms with Crippen LogP contribution in [0.1, 0.15) is 24.0 Å². The second kappa shape index (κ2) is 6.27. The van der Waals surface area contributed by atoms with Gasteiger partial charge in [-0.25, -0.2) is 4.39 Å². The van der Waals surface area contributed by atoms with Crippen molar-refractivity contribution < 1.29 is 9.13 Å². The molecule has 4 heteroatoms. The molecule has 0 amide bonds. The van der Waals surface area contributed by atoms with Crippen LogP contribution in [0.2, 0.25) is 0 Å². The summed E-state index contributed by atoms with van der Waals surface area (Å²) in [5, 5.41) is 0. The highest BCUT2D eigenvalue weighted by Crippen LogP contribution is 2.16. The molecule has 0 aromatic heterocycles. The van der Waals surface area contributed by atoms with Crippen LogP contribution in [-0.2, 0) is 17.8 Å². The van der Waals surface area contributed by atoms with Crippen LogP contribution in [0.15, 0.2) is 18.2 Å². The molecule has 1 saturated heterocycles. The van der Waals surface area contributed by atoms with Crippen LogP contribution in [0.3, 0.4) is 0 Å². The molecule has 0 radical (unpaired) electrons. The smallest absolute Gasteiger partial charge is 0.127 e. The number of hydrogen-bond donors (Lipinski definition) is 1. The number of hydrogen-bond acceptors (Lipinski definition) is 3. The van der Waals surface area contributed by atoms with Crippen molar-refractivity contribution in [1.29, 1.82) is 0 Å². The molecular formula is C14H21FN2O. The molecule has 1 atom stereocenters. The average molecular weight is 252 g/mol.